The highest BCUT2D eigenvalue weighted by atomic mass is 19.1. The number of Topliss-reactive ketones (excluding diaryl/α,β-unsaturated/α-hetero) is 1. The predicted molar refractivity (Wildman–Crippen MR) is 67.6 cm³/mol. The molecule has 0 atom stereocenters. The molecule has 0 fully saturated rings. The van der Waals surface area contributed by atoms with Crippen LogP contribution in [0.25, 0.3) is 0 Å². The third-order valence-corrected chi connectivity index (χ3v) is 2.45. The zero-order valence-electron chi connectivity index (χ0n) is 10.9. The molecule has 0 aliphatic carbocycles. The van der Waals surface area contributed by atoms with Gasteiger partial charge in [-0.2, -0.15) is 0 Å². The van der Waals surface area contributed by atoms with Gasteiger partial charge in [-0.05, 0) is 25.5 Å². The summed E-state index contributed by atoms with van der Waals surface area (Å²) in [5.41, 5.74) is 0.00561. The second-order valence-corrected chi connectivity index (χ2v) is 3.98. The maximum atomic E-state index is 13.4. The van der Waals surface area contributed by atoms with E-state index in [1.54, 1.807) is 6.07 Å². The van der Waals surface area contributed by atoms with Crippen molar-refractivity contribution in [2.45, 2.75) is 26.7 Å². The SMILES string of the molecule is CCCCOCCOc1cccc(F)c1C(C)=O. The fraction of sp³-hybridized carbons (Fsp3) is 0.500. The van der Waals surface area contributed by atoms with Crippen LogP contribution in [0.15, 0.2) is 18.2 Å². The minimum atomic E-state index is -0.549. The van der Waals surface area contributed by atoms with Gasteiger partial charge in [0.1, 0.15) is 18.2 Å². The number of ether oxygens (including phenoxy) is 2. The van der Waals surface area contributed by atoms with E-state index < -0.39 is 5.82 Å². The third-order valence-electron chi connectivity index (χ3n) is 2.45. The van der Waals surface area contributed by atoms with E-state index in [2.05, 4.69) is 6.92 Å². The standard InChI is InChI=1S/C14H19FO3/c1-3-4-8-17-9-10-18-13-7-5-6-12(15)14(13)11(2)16/h5-7H,3-4,8-10H2,1-2H3. The molecule has 0 saturated carbocycles. The molecule has 3 nitrogen and oxygen atoms in total. The van der Waals surface area contributed by atoms with Gasteiger partial charge in [0.05, 0.1) is 12.2 Å². The maximum Gasteiger partial charge on any atom is 0.166 e. The lowest BCUT2D eigenvalue weighted by atomic mass is 10.1. The molecule has 0 N–H and O–H groups in total. The summed E-state index contributed by atoms with van der Waals surface area (Å²) >= 11 is 0. The molecule has 0 aromatic heterocycles. The number of carbonyl (C=O) groups excluding carboxylic acids is 1. The average molecular weight is 254 g/mol. The van der Waals surface area contributed by atoms with E-state index in [0.717, 1.165) is 12.8 Å². The van der Waals surface area contributed by atoms with Crippen molar-refractivity contribution < 1.29 is 18.7 Å². The molecule has 0 radical (unpaired) electrons. The van der Waals surface area contributed by atoms with Crippen molar-refractivity contribution in [1.29, 1.82) is 0 Å². The van der Waals surface area contributed by atoms with Gasteiger partial charge in [0, 0.05) is 6.61 Å². The molecule has 0 saturated heterocycles. The molecule has 0 bridgehead atoms. The molecule has 0 aliphatic heterocycles. The summed E-state index contributed by atoms with van der Waals surface area (Å²) in [4.78, 5) is 11.3. The van der Waals surface area contributed by atoms with Crippen LogP contribution < -0.4 is 4.74 Å². The average Bonchev–Trinajstić information content (AvgIpc) is 2.33. The van der Waals surface area contributed by atoms with Crippen molar-refractivity contribution in [1.82, 2.24) is 0 Å². The maximum absolute atomic E-state index is 13.4. The summed E-state index contributed by atoms with van der Waals surface area (Å²) in [6, 6.07) is 4.36. The van der Waals surface area contributed by atoms with E-state index in [1.165, 1.54) is 19.1 Å². The number of unbranched alkanes of at least 4 members (excludes halogenated alkanes) is 1. The molecule has 0 heterocycles. The van der Waals surface area contributed by atoms with Crippen molar-refractivity contribution >= 4 is 5.78 Å². The van der Waals surface area contributed by atoms with Crippen molar-refractivity contribution in [3.05, 3.63) is 29.6 Å². The zero-order chi connectivity index (χ0) is 13.4. The predicted octanol–water partition coefficient (Wildman–Crippen LogP) is 3.22. The molecule has 1 aromatic rings. The summed E-state index contributed by atoms with van der Waals surface area (Å²) in [6.45, 7) is 4.86. The lowest BCUT2D eigenvalue weighted by Gasteiger charge is -2.10. The quantitative estimate of drug-likeness (QED) is 0.528. The van der Waals surface area contributed by atoms with Crippen LogP contribution in [0.5, 0.6) is 5.75 Å². The van der Waals surface area contributed by atoms with Crippen molar-refractivity contribution in [3.63, 3.8) is 0 Å². The second kappa shape index (κ2) is 7.82. The van der Waals surface area contributed by atoms with Crippen LogP contribution in [0.4, 0.5) is 4.39 Å². The monoisotopic (exact) mass is 254 g/mol. The molecule has 0 amide bonds. The molecule has 0 aliphatic rings. The van der Waals surface area contributed by atoms with Crippen LogP contribution in [0.3, 0.4) is 0 Å². The van der Waals surface area contributed by atoms with Crippen LogP contribution in [0.1, 0.15) is 37.0 Å². The zero-order valence-corrected chi connectivity index (χ0v) is 10.9. The Bertz CT molecular complexity index is 391. The normalized spacial score (nSPS) is 10.4. The fourth-order valence-corrected chi connectivity index (χ4v) is 1.53. The van der Waals surface area contributed by atoms with Gasteiger partial charge in [-0.15, -0.1) is 0 Å². The van der Waals surface area contributed by atoms with E-state index in [0.29, 0.717) is 19.8 Å². The molecule has 4 heteroatoms. The number of ketones is 1. The molecule has 1 rings (SSSR count). The minimum absolute atomic E-state index is 0.00561. The number of hydrogen-bond acceptors (Lipinski definition) is 3. The third kappa shape index (κ3) is 4.45. The fourth-order valence-electron chi connectivity index (χ4n) is 1.53. The number of carbonyl (C=O) groups is 1. The van der Waals surface area contributed by atoms with Gasteiger partial charge >= 0.3 is 0 Å². The second-order valence-electron chi connectivity index (χ2n) is 3.98. The molecule has 0 unspecified atom stereocenters. The Balaban J connectivity index is 2.47. The number of hydrogen-bond donors (Lipinski definition) is 0. The summed E-state index contributed by atoms with van der Waals surface area (Å²) in [7, 11) is 0. The minimum Gasteiger partial charge on any atom is -0.490 e. The van der Waals surface area contributed by atoms with Crippen molar-refractivity contribution in [3.8, 4) is 5.75 Å². The molecule has 18 heavy (non-hydrogen) atoms. The number of rotatable bonds is 8. The molecular weight excluding hydrogens is 235 g/mol. The van der Waals surface area contributed by atoms with E-state index in [9.17, 15) is 9.18 Å². The summed E-state index contributed by atoms with van der Waals surface area (Å²) in [5, 5.41) is 0. The first-order valence-corrected chi connectivity index (χ1v) is 6.16. The van der Waals surface area contributed by atoms with Crippen molar-refractivity contribution in [2.24, 2.45) is 0 Å². The van der Waals surface area contributed by atoms with E-state index >= 15 is 0 Å². The van der Waals surface area contributed by atoms with Gasteiger partial charge in [0.15, 0.2) is 5.78 Å². The van der Waals surface area contributed by atoms with Crippen LogP contribution in [-0.4, -0.2) is 25.6 Å². The van der Waals surface area contributed by atoms with E-state index in [-0.39, 0.29) is 17.1 Å². The van der Waals surface area contributed by atoms with Crippen LogP contribution in [0, 0.1) is 5.82 Å². The van der Waals surface area contributed by atoms with E-state index in [4.69, 9.17) is 9.47 Å². The van der Waals surface area contributed by atoms with Crippen LogP contribution in [0.2, 0.25) is 0 Å². The van der Waals surface area contributed by atoms with Gasteiger partial charge in [0.2, 0.25) is 0 Å². The Labute approximate surface area is 107 Å². The number of benzene rings is 1. The Morgan fingerprint density at radius 1 is 1.28 bits per heavy atom. The van der Waals surface area contributed by atoms with Crippen LogP contribution in [-0.2, 0) is 4.74 Å². The molecule has 1 aromatic carbocycles. The topological polar surface area (TPSA) is 35.5 Å². The Morgan fingerprint density at radius 2 is 2.06 bits per heavy atom. The first kappa shape index (κ1) is 14.6. The smallest absolute Gasteiger partial charge is 0.166 e. The largest absolute Gasteiger partial charge is 0.490 e. The molecule has 0 spiro atoms. The van der Waals surface area contributed by atoms with Crippen LogP contribution >= 0.6 is 0 Å². The number of halogens is 1. The Morgan fingerprint density at radius 3 is 2.72 bits per heavy atom. The van der Waals surface area contributed by atoms with Gasteiger partial charge in [-0.1, -0.05) is 19.4 Å². The summed E-state index contributed by atoms with van der Waals surface area (Å²) < 4.78 is 24.1. The van der Waals surface area contributed by atoms with Crippen molar-refractivity contribution in [2.75, 3.05) is 19.8 Å². The highest BCUT2D eigenvalue weighted by Gasteiger charge is 2.13. The summed E-state index contributed by atoms with van der Waals surface area (Å²) in [5.74, 6) is -0.608. The first-order valence-electron chi connectivity index (χ1n) is 6.16. The van der Waals surface area contributed by atoms with Gasteiger partial charge in [-0.3, -0.25) is 4.79 Å². The summed E-state index contributed by atoms with van der Waals surface area (Å²) in [6.07, 6.45) is 2.10. The van der Waals surface area contributed by atoms with Gasteiger partial charge < -0.3 is 9.47 Å². The molecular formula is C14H19FO3. The first-order chi connectivity index (χ1) is 8.66. The highest BCUT2D eigenvalue weighted by Crippen LogP contribution is 2.21. The Hall–Kier alpha value is -1.42. The lowest BCUT2D eigenvalue weighted by molar-refractivity contribution is 0.0944. The van der Waals surface area contributed by atoms with Gasteiger partial charge in [0.25, 0.3) is 0 Å². The lowest BCUT2D eigenvalue weighted by Crippen LogP contribution is -2.10. The molecule has 100 valence electrons. The highest BCUT2D eigenvalue weighted by molar-refractivity contribution is 5.97. The van der Waals surface area contributed by atoms with Gasteiger partial charge in [-0.25, -0.2) is 4.39 Å². The van der Waals surface area contributed by atoms with E-state index in [1.807, 2.05) is 0 Å². The Kier molecular flexibility index (Phi) is 6.36.